The minimum Gasteiger partial charge on any atom is -0.307 e. The van der Waals surface area contributed by atoms with Crippen LogP contribution in [0, 0.1) is 0 Å². The molecule has 1 unspecified atom stereocenters. The zero-order valence-electron chi connectivity index (χ0n) is 11.7. The minimum absolute atomic E-state index is 0.354. The maximum atomic E-state index is 4.21. The van der Waals surface area contributed by atoms with Gasteiger partial charge in [0, 0.05) is 30.6 Å². The Kier molecular flexibility index (Phi) is 5.53. The van der Waals surface area contributed by atoms with E-state index in [9.17, 15) is 0 Å². The molecule has 0 aliphatic carbocycles. The predicted molar refractivity (Wildman–Crippen MR) is 76.5 cm³/mol. The lowest BCUT2D eigenvalue weighted by atomic mass is 10.0. The standard InChI is InChI=1S/C13H25N3S/c1-6-13(7-2,17-5)10-14-11(3)12-8-9-15-16(12)4/h8-9,11,14H,6-7,10H2,1-5H3. The summed E-state index contributed by atoms with van der Waals surface area (Å²) in [6.07, 6.45) is 6.48. The zero-order chi connectivity index (χ0) is 12.9. The van der Waals surface area contributed by atoms with Gasteiger partial charge in [0.2, 0.25) is 0 Å². The summed E-state index contributed by atoms with van der Waals surface area (Å²) in [4.78, 5) is 0. The quantitative estimate of drug-likeness (QED) is 0.812. The Labute approximate surface area is 109 Å². The van der Waals surface area contributed by atoms with Gasteiger partial charge in [-0.2, -0.15) is 16.9 Å². The second-order valence-electron chi connectivity index (χ2n) is 4.58. The highest BCUT2D eigenvalue weighted by atomic mass is 32.2. The summed E-state index contributed by atoms with van der Waals surface area (Å²) in [5.74, 6) is 0. The van der Waals surface area contributed by atoms with Crippen molar-refractivity contribution < 1.29 is 0 Å². The molecule has 0 aliphatic rings. The van der Waals surface area contributed by atoms with Crippen LogP contribution in [0.2, 0.25) is 0 Å². The van der Waals surface area contributed by atoms with Gasteiger partial charge in [0.05, 0.1) is 5.69 Å². The summed E-state index contributed by atoms with van der Waals surface area (Å²) in [6.45, 7) is 7.80. The Morgan fingerprint density at radius 2 is 2.12 bits per heavy atom. The smallest absolute Gasteiger partial charge is 0.0547 e. The van der Waals surface area contributed by atoms with Crippen molar-refractivity contribution in [3.05, 3.63) is 18.0 Å². The maximum absolute atomic E-state index is 4.21. The van der Waals surface area contributed by atoms with Crippen molar-refractivity contribution >= 4 is 11.8 Å². The lowest BCUT2D eigenvalue weighted by molar-refractivity contribution is 0.447. The maximum Gasteiger partial charge on any atom is 0.0547 e. The third kappa shape index (κ3) is 3.49. The first-order chi connectivity index (χ1) is 8.08. The molecule has 0 radical (unpaired) electrons. The van der Waals surface area contributed by atoms with E-state index < -0.39 is 0 Å². The van der Waals surface area contributed by atoms with Crippen LogP contribution in [-0.4, -0.2) is 27.3 Å². The number of nitrogens with one attached hydrogen (secondary N) is 1. The van der Waals surface area contributed by atoms with Crippen LogP contribution in [0.1, 0.15) is 45.3 Å². The van der Waals surface area contributed by atoms with Crippen LogP contribution in [0.4, 0.5) is 0 Å². The van der Waals surface area contributed by atoms with E-state index in [0.29, 0.717) is 10.8 Å². The van der Waals surface area contributed by atoms with Gasteiger partial charge in [0.1, 0.15) is 0 Å². The summed E-state index contributed by atoms with van der Waals surface area (Å²) in [5.41, 5.74) is 1.24. The van der Waals surface area contributed by atoms with Crippen LogP contribution in [-0.2, 0) is 7.05 Å². The summed E-state index contributed by atoms with van der Waals surface area (Å²) >= 11 is 1.98. The van der Waals surface area contributed by atoms with E-state index in [-0.39, 0.29) is 0 Å². The van der Waals surface area contributed by atoms with E-state index in [1.165, 1.54) is 18.5 Å². The predicted octanol–water partition coefficient (Wildman–Crippen LogP) is 2.99. The molecule has 0 aromatic carbocycles. The molecule has 3 nitrogen and oxygen atoms in total. The molecule has 0 spiro atoms. The van der Waals surface area contributed by atoms with Gasteiger partial charge in [0.15, 0.2) is 0 Å². The fraction of sp³-hybridized carbons (Fsp3) is 0.769. The molecule has 1 N–H and O–H groups in total. The summed E-state index contributed by atoms with van der Waals surface area (Å²) in [5, 5.41) is 7.85. The highest BCUT2D eigenvalue weighted by molar-refractivity contribution is 8.00. The van der Waals surface area contributed by atoms with E-state index in [1.54, 1.807) is 0 Å². The first-order valence-corrected chi connectivity index (χ1v) is 7.57. The van der Waals surface area contributed by atoms with E-state index in [0.717, 1.165) is 6.54 Å². The molecule has 0 aliphatic heterocycles. The third-order valence-electron chi connectivity index (χ3n) is 3.75. The topological polar surface area (TPSA) is 29.9 Å². The van der Waals surface area contributed by atoms with E-state index in [4.69, 9.17) is 0 Å². The van der Waals surface area contributed by atoms with Crippen LogP contribution >= 0.6 is 11.8 Å². The Bertz CT molecular complexity index is 323. The number of nitrogens with zero attached hydrogens (tertiary/aromatic N) is 2. The van der Waals surface area contributed by atoms with Gasteiger partial charge < -0.3 is 5.32 Å². The third-order valence-corrected chi connectivity index (χ3v) is 5.34. The molecule has 1 heterocycles. The fourth-order valence-electron chi connectivity index (χ4n) is 2.11. The lowest BCUT2D eigenvalue weighted by Crippen LogP contribution is -2.38. The average molecular weight is 255 g/mol. The molecular formula is C13H25N3S. The van der Waals surface area contributed by atoms with Gasteiger partial charge in [-0.05, 0) is 32.1 Å². The molecule has 0 fully saturated rings. The number of thioether (sulfide) groups is 1. The highest BCUT2D eigenvalue weighted by Gasteiger charge is 2.25. The Balaban J connectivity index is 2.58. The highest BCUT2D eigenvalue weighted by Crippen LogP contribution is 2.30. The van der Waals surface area contributed by atoms with Gasteiger partial charge in [-0.1, -0.05) is 13.8 Å². The van der Waals surface area contributed by atoms with Crippen molar-refractivity contribution in [1.82, 2.24) is 15.1 Å². The monoisotopic (exact) mass is 255 g/mol. The molecule has 1 aromatic heterocycles. The molecule has 0 bridgehead atoms. The van der Waals surface area contributed by atoms with E-state index >= 15 is 0 Å². The van der Waals surface area contributed by atoms with E-state index in [2.05, 4.69) is 43.5 Å². The minimum atomic E-state index is 0.354. The summed E-state index contributed by atoms with van der Waals surface area (Å²) in [7, 11) is 2.00. The molecule has 0 saturated carbocycles. The van der Waals surface area contributed by atoms with Crippen molar-refractivity contribution in [2.45, 2.75) is 44.4 Å². The van der Waals surface area contributed by atoms with Gasteiger partial charge in [-0.3, -0.25) is 4.68 Å². The second kappa shape index (κ2) is 6.45. The first kappa shape index (κ1) is 14.6. The normalized spacial score (nSPS) is 13.9. The zero-order valence-corrected chi connectivity index (χ0v) is 12.5. The Morgan fingerprint density at radius 1 is 1.47 bits per heavy atom. The molecule has 0 amide bonds. The lowest BCUT2D eigenvalue weighted by Gasteiger charge is -2.31. The largest absolute Gasteiger partial charge is 0.307 e. The molecule has 1 aromatic rings. The second-order valence-corrected chi connectivity index (χ2v) is 5.85. The Morgan fingerprint density at radius 3 is 2.53 bits per heavy atom. The molecule has 1 rings (SSSR count). The number of hydrogen-bond donors (Lipinski definition) is 1. The number of rotatable bonds is 7. The number of hydrogen-bond acceptors (Lipinski definition) is 3. The summed E-state index contributed by atoms with van der Waals surface area (Å²) in [6, 6.07) is 2.43. The van der Waals surface area contributed by atoms with Crippen LogP contribution < -0.4 is 5.32 Å². The molecule has 0 saturated heterocycles. The molecule has 17 heavy (non-hydrogen) atoms. The van der Waals surface area contributed by atoms with Crippen molar-refractivity contribution in [1.29, 1.82) is 0 Å². The Hall–Kier alpha value is -0.480. The van der Waals surface area contributed by atoms with Crippen LogP contribution in [0.5, 0.6) is 0 Å². The molecular weight excluding hydrogens is 230 g/mol. The van der Waals surface area contributed by atoms with Gasteiger partial charge in [0.25, 0.3) is 0 Å². The van der Waals surface area contributed by atoms with Gasteiger partial charge in [-0.15, -0.1) is 0 Å². The van der Waals surface area contributed by atoms with Crippen molar-refractivity contribution in [3.8, 4) is 0 Å². The fourth-order valence-corrected chi connectivity index (χ4v) is 2.92. The van der Waals surface area contributed by atoms with E-state index in [1.807, 2.05) is 29.7 Å². The van der Waals surface area contributed by atoms with Crippen molar-refractivity contribution in [3.63, 3.8) is 0 Å². The van der Waals surface area contributed by atoms with Crippen LogP contribution in [0.3, 0.4) is 0 Å². The first-order valence-electron chi connectivity index (χ1n) is 6.35. The molecule has 4 heteroatoms. The van der Waals surface area contributed by atoms with Crippen LogP contribution in [0.25, 0.3) is 0 Å². The number of aromatic nitrogens is 2. The van der Waals surface area contributed by atoms with Crippen molar-refractivity contribution in [2.75, 3.05) is 12.8 Å². The molecule has 1 atom stereocenters. The summed E-state index contributed by atoms with van der Waals surface area (Å²) < 4.78 is 2.31. The van der Waals surface area contributed by atoms with Gasteiger partial charge >= 0.3 is 0 Å². The van der Waals surface area contributed by atoms with Gasteiger partial charge in [-0.25, -0.2) is 0 Å². The van der Waals surface area contributed by atoms with Crippen molar-refractivity contribution in [2.24, 2.45) is 7.05 Å². The van der Waals surface area contributed by atoms with Crippen LogP contribution in [0.15, 0.2) is 12.3 Å². The number of aryl methyl sites for hydroxylation is 1. The molecule has 98 valence electrons. The average Bonchev–Trinajstić information content (AvgIpc) is 2.78. The SMILES string of the molecule is CCC(CC)(CNC(C)c1ccnn1C)SC.